The first kappa shape index (κ1) is 22.7. The Labute approximate surface area is 191 Å². The van der Waals surface area contributed by atoms with Crippen molar-refractivity contribution in [3.05, 3.63) is 76.0 Å². The molecule has 4 nitrogen and oxygen atoms in total. The fourth-order valence-electron chi connectivity index (χ4n) is 3.34. The third-order valence-electron chi connectivity index (χ3n) is 4.83. The van der Waals surface area contributed by atoms with E-state index in [9.17, 15) is 26.0 Å². The van der Waals surface area contributed by atoms with Crippen molar-refractivity contribution in [3.63, 3.8) is 0 Å². The molecule has 0 radical (unpaired) electrons. The largest absolute Gasteiger partial charge is 0.489 e. The first-order chi connectivity index (χ1) is 15.0. The highest BCUT2D eigenvalue weighted by Gasteiger charge is 2.35. The first-order valence-corrected chi connectivity index (χ1v) is 11.3. The minimum Gasteiger partial charge on any atom is -0.489 e. The fraction of sp³-hybridized carbons (Fsp3) is 0.143. The van der Waals surface area contributed by atoms with Crippen LogP contribution in [0.2, 0.25) is 10.0 Å². The number of hydrogen-bond donors (Lipinski definition) is 0. The molecular formula is C21H13Cl2F4NO3S. The van der Waals surface area contributed by atoms with E-state index in [1.165, 1.54) is 18.2 Å². The number of alkyl halides is 3. The molecule has 0 N–H and O–H groups in total. The number of ether oxygens (including phenoxy) is 1. The van der Waals surface area contributed by atoms with Gasteiger partial charge in [-0.05, 0) is 48.0 Å². The standard InChI is InChI=1S/C21H13Cl2F4NO3S/c22-14-10-16(20(23)17(24)11-14)12-4-5-19-18(8-12)28(6-7-31-19)32(29,30)15-3-1-2-13(9-15)21(25,26)27/h1-5,8-11H,6-7H2. The molecule has 0 bridgehead atoms. The first-order valence-electron chi connectivity index (χ1n) is 9.10. The fourth-order valence-corrected chi connectivity index (χ4v) is 5.26. The average molecular weight is 506 g/mol. The molecule has 0 saturated carbocycles. The average Bonchev–Trinajstić information content (AvgIpc) is 2.75. The van der Waals surface area contributed by atoms with Crippen LogP contribution in [0.15, 0.2) is 59.5 Å². The minimum atomic E-state index is -4.70. The predicted molar refractivity (Wildman–Crippen MR) is 113 cm³/mol. The molecule has 1 aliphatic heterocycles. The number of rotatable bonds is 3. The maximum Gasteiger partial charge on any atom is 0.416 e. The molecule has 0 fully saturated rings. The van der Waals surface area contributed by atoms with Gasteiger partial charge in [0.25, 0.3) is 10.0 Å². The molecule has 168 valence electrons. The lowest BCUT2D eigenvalue weighted by Gasteiger charge is -2.31. The molecule has 1 aliphatic rings. The van der Waals surface area contributed by atoms with Crippen LogP contribution >= 0.6 is 23.2 Å². The summed E-state index contributed by atoms with van der Waals surface area (Å²) in [5, 5.41) is -0.123. The zero-order valence-corrected chi connectivity index (χ0v) is 18.3. The number of anilines is 1. The van der Waals surface area contributed by atoms with E-state index in [4.69, 9.17) is 27.9 Å². The molecule has 1 heterocycles. The highest BCUT2D eigenvalue weighted by molar-refractivity contribution is 7.92. The van der Waals surface area contributed by atoms with E-state index < -0.39 is 32.5 Å². The van der Waals surface area contributed by atoms with Crippen molar-refractivity contribution in [1.29, 1.82) is 0 Å². The summed E-state index contributed by atoms with van der Waals surface area (Å²) in [6.45, 7) is -0.135. The van der Waals surface area contributed by atoms with E-state index in [-0.39, 0.29) is 40.2 Å². The van der Waals surface area contributed by atoms with Crippen LogP contribution in [0.25, 0.3) is 11.1 Å². The highest BCUT2D eigenvalue weighted by Crippen LogP contribution is 2.41. The van der Waals surface area contributed by atoms with E-state index in [1.54, 1.807) is 6.07 Å². The number of hydrogen-bond acceptors (Lipinski definition) is 3. The van der Waals surface area contributed by atoms with Crippen LogP contribution in [0.3, 0.4) is 0 Å². The summed E-state index contributed by atoms with van der Waals surface area (Å²) in [6, 6.07) is 10.4. The lowest BCUT2D eigenvalue weighted by atomic mass is 10.0. The molecular weight excluding hydrogens is 493 g/mol. The van der Waals surface area contributed by atoms with Crippen LogP contribution in [0.5, 0.6) is 5.75 Å². The second-order valence-electron chi connectivity index (χ2n) is 6.88. The van der Waals surface area contributed by atoms with Gasteiger partial charge in [-0.25, -0.2) is 12.8 Å². The molecule has 0 spiro atoms. The minimum absolute atomic E-state index is 0.00289. The summed E-state index contributed by atoms with van der Waals surface area (Å²) in [6.07, 6.45) is -4.70. The second-order valence-corrected chi connectivity index (χ2v) is 9.56. The molecule has 0 unspecified atom stereocenters. The van der Waals surface area contributed by atoms with Crippen LogP contribution in [-0.2, 0) is 16.2 Å². The van der Waals surface area contributed by atoms with Gasteiger partial charge in [-0.3, -0.25) is 4.31 Å². The molecule has 4 rings (SSSR count). The van der Waals surface area contributed by atoms with Gasteiger partial charge in [-0.2, -0.15) is 13.2 Å². The number of benzene rings is 3. The number of halogens is 6. The Morgan fingerprint density at radius 2 is 1.75 bits per heavy atom. The van der Waals surface area contributed by atoms with Crippen LogP contribution in [0.1, 0.15) is 5.56 Å². The van der Waals surface area contributed by atoms with Gasteiger partial charge in [0.15, 0.2) is 0 Å². The number of fused-ring (bicyclic) bond motifs is 1. The second kappa shape index (κ2) is 8.13. The Balaban J connectivity index is 1.83. The van der Waals surface area contributed by atoms with Crippen LogP contribution < -0.4 is 9.04 Å². The third-order valence-corrected chi connectivity index (χ3v) is 7.24. The summed E-state index contributed by atoms with van der Waals surface area (Å²) in [7, 11) is -4.36. The van der Waals surface area contributed by atoms with E-state index in [0.717, 1.165) is 28.6 Å². The Morgan fingerprint density at radius 1 is 1.00 bits per heavy atom. The maximum atomic E-state index is 14.0. The predicted octanol–water partition coefficient (Wildman–Crippen LogP) is 6.41. The van der Waals surface area contributed by atoms with Crippen LogP contribution in [0.4, 0.5) is 23.2 Å². The molecule has 3 aromatic rings. The molecule has 11 heteroatoms. The highest BCUT2D eigenvalue weighted by atomic mass is 35.5. The van der Waals surface area contributed by atoms with Gasteiger partial charge >= 0.3 is 6.18 Å². The maximum absolute atomic E-state index is 14.0. The molecule has 3 aromatic carbocycles. The molecule has 0 aliphatic carbocycles. The Kier molecular flexibility index (Phi) is 5.77. The van der Waals surface area contributed by atoms with Gasteiger partial charge in [-0.15, -0.1) is 0 Å². The van der Waals surface area contributed by atoms with Crippen molar-refractivity contribution < 1.29 is 30.7 Å². The zero-order valence-electron chi connectivity index (χ0n) is 16.0. The lowest BCUT2D eigenvalue weighted by molar-refractivity contribution is -0.137. The van der Waals surface area contributed by atoms with Gasteiger partial charge in [0.2, 0.25) is 0 Å². The van der Waals surface area contributed by atoms with Crippen molar-refractivity contribution in [2.45, 2.75) is 11.1 Å². The quantitative estimate of drug-likeness (QED) is 0.305. The number of sulfonamides is 1. The summed E-state index contributed by atoms with van der Waals surface area (Å²) in [5.74, 6) is -0.550. The van der Waals surface area contributed by atoms with Gasteiger partial charge in [-0.1, -0.05) is 35.3 Å². The lowest BCUT2D eigenvalue weighted by Crippen LogP contribution is -2.38. The van der Waals surface area contributed by atoms with Gasteiger partial charge in [0.1, 0.15) is 18.2 Å². The molecule has 0 saturated heterocycles. The van der Waals surface area contributed by atoms with Gasteiger partial charge in [0.05, 0.1) is 27.7 Å². The van der Waals surface area contributed by atoms with E-state index in [0.29, 0.717) is 11.6 Å². The van der Waals surface area contributed by atoms with Gasteiger partial charge in [0, 0.05) is 10.6 Å². The van der Waals surface area contributed by atoms with Crippen molar-refractivity contribution in [2.75, 3.05) is 17.5 Å². The molecule has 0 amide bonds. The van der Waals surface area contributed by atoms with E-state index >= 15 is 0 Å². The summed E-state index contributed by atoms with van der Waals surface area (Å²) >= 11 is 12.0. The zero-order chi connectivity index (χ0) is 23.3. The smallest absolute Gasteiger partial charge is 0.416 e. The van der Waals surface area contributed by atoms with Gasteiger partial charge < -0.3 is 4.74 Å². The summed E-state index contributed by atoms with van der Waals surface area (Å²) in [4.78, 5) is -0.516. The summed E-state index contributed by atoms with van der Waals surface area (Å²) < 4.78 is 86.3. The van der Waals surface area contributed by atoms with Crippen LogP contribution in [0, 0.1) is 5.82 Å². The van der Waals surface area contributed by atoms with Crippen molar-refractivity contribution in [1.82, 2.24) is 0 Å². The topological polar surface area (TPSA) is 46.6 Å². The Bertz CT molecular complexity index is 1310. The molecule has 0 aromatic heterocycles. The number of nitrogens with zero attached hydrogens (tertiary/aromatic N) is 1. The Hall–Kier alpha value is -2.49. The van der Waals surface area contributed by atoms with Crippen molar-refractivity contribution >= 4 is 38.9 Å². The van der Waals surface area contributed by atoms with Crippen molar-refractivity contribution in [3.8, 4) is 16.9 Å². The van der Waals surface area contributed by atoms with E-state index in [2.05, 4.69) is 0 Å². The SMILES string of the molecule is O=S(=O)(c1cccc(C(F)(F)F)c1)N1CCOc2ccc(-c3cc(Cl)cc(F)c3Cl)cc21. The normalized spacial score (nSPS) is 14.1. The molecule has 32 heavy (non-hydrogen) atoms. The monoisotopic (exact) mass is 505 g/mol. The summed E-state index contributed by atoms with van der Waals surface area (Å²) in [5.41, 5.74) is -0.420. The molecule has 0 atom stereocenters. The Morgan fingerprint density at radius 3 is 2.47 bits per heavy atom. The third kappa shape index (κ3) is 4.12. The van der Waals surface area contributed by atoms with E-state index in [1.807, 2.05) is 0 Å². The van der Waals surface area contributed by atoms with Crippen LogP contribution in [-0.4, -0.2) is 21.6 Å². The van der Waals surface area contributed by atoms with Crippen molar-refractivity contribution in [2.24, 2.45) is 0 Å².